The standard InChI is InChI=1S/C5H4ClF3O2.C4H6O2/c1-3(6)4(10)11-2-5(7,8)9;1-3(2)4(5)6/h1-2H2;1H2,2H3,(H,5,6). The van der Waals surface area contributed by atoms with Crippen molar-refractivity contribution >= 4 is 23.5 Å². The molecule has 0 aromatic heterocycles. The summed E-state index contributed by atoms with van der Waals surface area (Å²) in [4.78, 5) is 19.8. The molecule has 0 atom stereocenters. The number of hydrogen-bond donors (Lipinski definition) is 1. The van der Waals surface area contributed by atoms with E-state index in [-0.39, 0.29) is 5.57 Å². The van der Waals surface area contributed by atoms with Gasteiger partial charge in [-0.15, -0.1) is 0 Å². The number of ether oxygens (including phenoxy) is 1. The van der Waals surface area contributed by atoms with Gasteiger partial charge in [-0.05, 0) is 6.92 Å². The summed E-state index contributed by atoms with van der Waals surface area (Å²) in [6, 6.07) is 0. The predicted octanol–water partition coefficient (Wildman–Crippen LogP) is 2.49. The lowest BCUT2D eigenvalue weighted by atomic mass is 10.4. The predicted molar refractivity (Wildman–Crippen MR) is 54.5 cm³/mol. The Morgan fingerprint density at radius 2 is 1.71 bits per heavy atom. The van der Waals surface area contributed by atoms with E-state index in [0.29, 0.717) is 0 Å². The third kappa shape index (κ3) is 14.5. The van der Waals surface area contributed by atoms with Crippen LogP contribution in [0.15, 0.2) is 23.8 Å². The van der Waals surface area contributed by atoms with Crippen molar-refractivity contribution in [1.82, 2.24) is 0 Å². The second-order valence-electron chi connectivity index (χ2n) is 2.68. The van der Waals surface area contributed by atoms with Gasteiger partial charge in [0.05, 0.1) is 0 Å². The van der Waals surface area contributed by atoms with Crippen LogP contribution in [-0.2, 0) is 14.3 Å². The molecule has 0 amide bonds. The van der Waals surface area contributed by atoms with Gasteiger partial charge in [0.1, 0.15) is 5.03 Å². The van der Waals surface area contributed by atoms with E-state index in [1.807, 2.05) is 0 Å². The van der Waals surface area contributed by atoms with Crippen LogP contribution >= 0.6 is 11.6 Å². The number of alkyl halides is 3. The smallest absolute Gasteiger partial charge is 0.422 e. The molecule has 0 spiro atoms. The first-order chi connectivity index (χ1) is 7.47. The first kappa shape index (κ1) is 17.9. The first-order valence-corrected chi connectivity index (χ1v) is 4.32. The van der Waals surface area contributed by atoms with Gasteiger partial charge >= 0.3 is 18.1 Å². The van der Waals surface area contributed by atoms with Crippen LogP contribution in [-0.4, -0.2) is 29.8 Å². The average Bonchev–Trinajstić information content (AvgIpc) is 2.13. The zero-order valence-electron chi connectivity index (χ0n) is 8.81. The van der Waals surface area contributed by atoms with Crippen molar-refractivity contribution in [2.24, 2.45) is 0 Å². The summed E-state index contributed by atoms with van der Waals surface area (Å²) in [7, 11) is 0. The molecule has 98 valence electrons. The van der Waals surface area contributed by atoms with Crippen LogP contribution in [0.25, 0.3) is 0 Å². The molecule has 0 radical (unpaired) electrons. The largest absolute Gasteiger partial charge is 0.478 e. The van der Waals surface area contributed by atoms with E-state index >= 15 is 0 Å². The van der Waals surface area contributed by atoms with Gasteiger partial charge in [-0.1, -0.05) is 24.8 Å². The van der Waals surface area contributed by atoms with Gasteiger partial charge in [0, 0.05) is 5.57 Å². The second-order valence-corrected chi connectivity index (χ2v) is 3.14. The fourth-order valence-corrected chi connectivity index (χ4v) is 0.280. The van der Waals surface area contributed by atoms with Crippen LogP contribution in [0.5, 0.6) is 0 Å². The minimum absolute atomic E-state index is 0.176. The Hall–Kier alpha value is -1.50. The molecule has 0 saturated carbocycles. The van der Waals surface area contributed by atoms with Crippen molar-refractivity contribution in [2.75, 3.05) is 6.61 Å². The third-order valence-corrected chi connectivity index (χ3v) is 1.11. The topological polar surface area (TPSA) is 63.6 Å². The number of rotatable bonds is 3. The molecule has 0 aromatic rings. The van der Waals surface area contributed by atoms with E-state index in [9.17, 15) is 22.8 Å². The monoisotopic (exact) mass is 274 g/mol. The molecule has 0 aromatic carbocycles. The number of carboxylic acid groups (broad SMARTS) is 1. The highest BCUT2D eigenvalue weighted by Crippen LogP contribution is 2.15. The quantitative estimate of drug-likeness (QED) is 0.634. The lowest BCUT2D eigenvalue weighted by molar-refractivity contribution is -0.182. The number of carbonyl (C=O) groups is 2. The molecule has 0 aliphatic carbocycles. The number of carboxylic acids is 1. The van der Waals surface area contributed by atoms with Crippen molar-refractivity contribution in [3.05, 3.63) is 23.8 Å². The van der Waals surface area contributed by atoms with Gasteiger partial charge in [-0.2, -0.15) is 13.2 Å². The summed E-state index contributed by atoms with van der Waals surface area (Å²) < 4.78 is 37.7. The molecule has 4 nitrogen and oxygen atoms in total. The maximum absolute atomic E-state index is 11.3. The van der Waals surface area contributed by atoms with Crippen LogP contribution in [0.4, 0.5) is 13.2 Å². The maximum atomic E-state index is 11.3. The van der Waals surface area contributed by atoms with Gasteiger partial charge in [0.2, 0.25) is 0 Å². The molecule has 0 aliphatic heterocycles. The van der Waals surface area contributed by atoms with Crippen molar-refractivity contribution in [2.45, 2.75) is 13.1 Å². The van der Waals surface area contributed by atoms with Crippen molar-refractivity contribution in [3.63, 3.8) is 0 Å². The average molecular weight is 275 g/mol. The highest BCUT2D eigenvalue weighted by atomic mass is 35.5. The molecule has 0 saturated heterocycles. The summed E-state index contributed by atoms with van der Waals surface area (Å²) in [5, 5.41) is 7.32. The van der Waals surface area contributed by atoms with Crippen LogP contribution in [0, 0.1) is 0 Å². The van der Waals surface area contributed by atoms with Gasteiger partial charge in [-0.25, -0.2) is 9.59 Å². The van der Waals surface area contributed by atoms with Crippen LogP contribution in [0.3, 0.4) is 0 Å². The minimum Gasteiger partial charge on any atom is -0.478 e. The molecule has 1 N–H and O–H groups in total. The number of halogens is 4. The van der Waals surface area contributed by atoms with E-state index in [1.165, 1.54) is 6.92 Å². The highest BCUT2D eigenvalue weighted by Gasteiger charge is 2.29. The Morgan fingerprint density at radius 3 is 1.88 bits per heavy atom. The molecule has 8 heteroatoms. The fraction of sp³-hybridized carbons (Fsp3) is 0.333. The lowest BCUT2D eigenvalue weighted by Crippen LogP contribution is -2.20. The van der Waals surface area contributed by atoms with Gasteiger partial charge in [0.15, 0.2) is 6.61 Å². The number of hydrogen-bond acceptors (Lipinski definition) is 3. The molecule has 0 aliphatic rings. The van der Waals surface area contributed by atoms with E-state index in [0.717, 1.165) is 0 Å². The molecule has 0 rings (SSSR count). The molecule has 0 heterocycles. The Bertz CT molecular complexity index is 311. The van der Waals surface area contributed by atoms with E-state index in [4.69, 9.17) is 16.7 Å². The molecule has 0 bridgehead atoms. The van der Waals surface area contributed by atoms with Crippen LogP contribution in [0.1, 0.15) is 6.92 Å². The van der Waals surface area contributed by atoms with Gasteiger partial charge in [-0.3, -0.25) is 0 Å². The number of carbonyl (C=O) groups excluding carboxylic acids is 1. The maximum Gasteiger partial charge on any atom is 0.422 e. The number of esters is 1. The SMILES string of the molecule is C=C(C)C(=O)O.C=C(Cl)C(=O)OCC(F)(F)F. The van der Waals surface area contributed by atoms with Crippen molar-refractivity contribution in [3.8, 4) is 0 Å². The lowest BCUT2D eigenvalue weighted by Gasteiger charge is -2.05. The summed E-state index contributed by atoms with van der Waals surface area (Å²) in [5.74, 6) is -2.20. The van der Waals surface area contributed by atoms with Gasteiger partial charge < -0.3 is 9.84 Å². The normalized spacial score (nSPS) is 9.71. The fourth-order valence-electron chi connectivity index (χ4n) is 0.226. The zero-order valence-corrected chi connectivity index (χ0v) is 9.56. The van der Waals surface area contributed by atoms with Gasteiger partial charge in [0.25, 0.3) is 0 Å². The molecule has 0 unspecified atom stereocenters. The summed E-state index contributed by atoms with van der Waals surface area (Å²) in [6.45, 7) is 5.84. The Balaban J connectivity index is 0. The van der Waals surface area contributed by atoms with E-state index in [2.05, 4.69) is 17.9 Å². The minimum atomic E-state index is -4.53. The van der Waals surface area contributed by atoms with Crippen LogP contribution in [0.2, 0.25) is 0 Å². The third-order valence-electron chi connectivity index (χ3n) is 0.954. The van der Waals surface area contributed by atoms with Crippen molar-refractivity contribution < 1.29 is 32.6 Å². The second kappa shape index (κ2) is 7.72. The Morgan fingerprint density at radius 1 is 1.35 bits per heavy atom. The molecule has 0 fully saturated rings. The zero-order chi connectivity index (χ0) is 14.2. The number of aliphatic carboxylic acids is 1. The Labute approximate surface area is 100 Å². The highest BCUT2D eigenvalue weighted by molar-refractivity contribution is 6.40. The van der Waals surface area contributed by atoms with E-state index < -0.39 is 29.8 Å². The van der Waals surface area contributed by atoms with E-state index in [1.54, 1.807) is 0 Å². The summed E-state index contributed by atoms with van der Waals surface area (Å²) in [5.41, 5.74) is 0.176. The molecular formula is C9H10ClF3O4. The van der Waals surface area contributed by atoms with Crippen molar-refractivity contribution in [1.29, 1.82) is 0 Å². The summed E-state index contributed by atoms with van der Waals surface area (Å²) in [6.07, 6.45) is -4.53. The Kier molecular flexibility index (Phi) is 8.12. The van der Waals surface area contributed by atoms with Crippen LogP contribution < -0.4 is 0 Å². The summed E-state index contributed by atoms with van der Waals surface area (Å²) >= 11 is 4.92. The molecule has 17 heavy (non-hydrogen) atoms. The first-order valence-electron chi connectivity index (χ1n) is 3.94. The molecular weight excluding hydrogens is 265 g/mol.